The van der Waals surface area contributed by atoms with Gasteiger partial charge in [0.2, 0.25) is 5.91 Å². The van der Waals surface area contributed by atoms with E-state index in [-0.39, 0.29) is 41.8 Å². The molecule has 0 aliphatic carbocycles. The molecule has 3 fully saturated rings. The van der Waals surface area contributed by atoms with Crippen LogP contribution in [0, 0.1) is 5.92 Å². The van der Waals surface area contributed by atoms with Gasteiger partial charge in [0, 0.05) is 17.6 Å². The highest BCUT2D eigenvalue weighted by Gasteiger charge is 2.48. The first-order valence-electron chi connectivity index (χ1n) is 13.1. The summed E-state index contributed by atoms with van der Waals surface area (Å²) in [4.78, 5) is 42.9. The van der Waals surface area contributed by atoms with Crippen molar-refractivity contribution in [1.82, 2.24) is 15.1 Å². The van der Waals surface area contributed by atoms with Crippen molar-refractivity contribution in [1.29, 1.82) is 0 Å². The van der Waals surface area contributed by atoms with Crippen LogP contribution >= 0.6 is 0 Å². The van der Waals surface area contributed by atoms with Crippen LogP contribution in [0.5, 0.6) is 0 Å². The molecule has 1 aromatic rings. The summed E-state index contributed by atoms with van der Waals surface area (Å²) in [5, 5.41) is 2.97. The van der Waals surface area contributed by atoms with E-state index in [1.807, 2.05) is 26.0 Å². The molecule has 0 spiro atoms. The molecule has 7 heteroatoms. The Morgan fingerprint density at radius 1 is 1.06 bits per heavy atom. The first-order valence-corrected chi connectivity index (χ1v) is 13.1. The minimum absolute atomic E-state index is 0.0422. The van der Waals surface area contributed by atoms with Crippen LogP contribution in [0.2, 0.25) is 0 Å². The van der Waals surface area contributed by atoms with Crippen LogP contribution in [-0.2, 0) is 14.3 Å². The largest absolute Gasteiger partial charge is 0.368 e. The Balaban J connectivity index is 1.39. The maximum atomic E-state index is 13.4. The minimum atomic E-state index is -0.656. The van der Waals surface area contributed by atoms with Gasteiger partial charge in [0.05, 0.1) is 6.10 Å². The lowest BCUT2D eigenvalue weighted by atomic mass is 9.87. The maximum absolute atomic E-state index is 13.4. The molecule has 3 saturated heterocycles. The molecule has 4 rings (SSSR count). The van der Waals surface area contributed by atoms with Crippen LogP contribution in [0.4, 0.5) is 0 Å². The first-order chi connectivity index (χ1) is 16.5. The summed E-state index contributed by atoms with van der Waals surface area (Å²) in [6.45, 7) is 13.6. The van der Waals surface area contributed by atoms with E-state index in [9.17, 15) is 14.4 Å². The minimum Gasteiger partial charge on any atom is -0.368 e. The van der Waals surface area contributed by atoms with Gasteiger partial charge in [-0.1, -0.05) is 26.0 Å². The second-order valence-electron chi connectivity index (χ2n) is 11.8. The Bertz CT molecular complexity index is 929. The summed E-state index contributed by atoms with van der Waals surface area (Å²) in [6.07, 6.45) is 3.23. The smallest absolute Gasteiger partial charge is 0.251 e. The number of hydrogen-bond donors (Lipinski definition) is 1. The lowest BCUT2D eigenvalue weighted by molar-refractivity contribution is -0.138. The number of Topliss-reactive ketones (excluding diaryl/α,β-unsaturated/α-hetero) is 1. The predicted molar refractivity (Wildman–Crippen MR) is 135 cm³/mol. The number of nitrogens with one attached hydrogen (secondary N) is 1. The van der Waals surface area contributed by atoms with Crippen molar-refractivity contribution < 1.29 is 19.1 Å². The van der Waals surface area contributed by atoms with Gasteiger partial charge in [0.1, 0.15) is 18.7 Å². The number of piperidine rings is 1. The molecule has 0 bridgehead atoms. The lowest BCUT2D eigenvalue weighted by Gasteiger charge is -2.41. The number of carbonyl (C=O) groups is 3. The van der Waals surface area contributed by atoms with E-state index in [4.69, 9.17) is 4.74 Å². The molecule has 1 N–H and O–H groups in total. The van der Waals surface area contributed by atoms with Gasteiger partial charge < -0.3 is 15.0 Å². The Kier molecular flexibility index (Phi) is 7.67. The Hall–Kier alpha value is -2.25. The van der Waals surface area contributed by atoms with E-state index in [0.717, 1.165) is 25.9 Å². The molecule has 7 nitrogen and oxygen atoms in total. The number of nitrogens with zero attached hydrogens (tertiary/aromatic N) is 2. The summed E-state index contributed by atoms with van der Waals surface area (Å²) in [5.41, 5.74) is 2.03. The second kappa shape index (κ2) is 10.4. The summed E-state index contributed by atoms with van der Waals surface area (Å²) in [7, 11) is 0. The van der Waals surface area contributed by atoms with Crippen LogP contribution in [0.25, 0.3) is 0 Å². The zero-order chi connectivity index (χ0) is 25.3. The van der Waals surface area contributed by atoms with E-state index in [1.165, 1.54) is 5.56 Å². The van der Waals surface area contributed by atoms with Crippen molar-refractivity contribution >= 4 is 17.6 Å². The number of benzene rings is 1. The molecule has 35 heavy (non-hydrogen) atoms. The topological polar surface area (TPSA) is 79.0 Å². The van der Waals surface area contributed by atoms with Crippen LogP contribution in [0.3, 0.4) is 0 Å². The van der Waals surface area contributed by atoms with Crippen molar-refractivity contribution in [3.8, 4) is 0 Å². The average molecular weight is 484 g/mol. The quantitative estimate of drug-likeness (QED) is 0.671. The number of fused-ring (bicyclic) bond motifs is 1. The third kappa shape index (κ3) is 5.78. The zero-order valence-electron chi connectivity index (χ0n) is 21.9. The number of ketones is 1. The van der Waals surface area contributed by atoms with Gasteiger partial charge >= 0.3 is 0 Å². The highest BCUT2D eigenvalue weighted by molar-refractivity contribution is 5.99. The van der Waals surface area contributed by atoms with Crippen molar-refractivity contribution in [3.05, 3.63) is 35.4 Å². The standard InChI is InChI=1S/C28H41N3O4/c1-18(2)16-22(27(34)31-15-12-24-25(31)23(32)17-35-24)29-26(33)21-8-6-19(7-9-21)20-10-13-30(14-11-20)28(3,4)5/h6-9,18,20,22,24-25H,10-17H2,1-5H3,(H,29,33)/t22-,24+,25+/m0/s1. The van der Waals surface area contributed by atoms with Gasteiger partial charge in [0.15, 0.2) is 5.78 Å². The van der Waals surface area contributed by atoms with Gasteiger partial charge in [-0.3, -0.25) is 19.3 Å². The van der Waals surface area contributed by atoms with Gasteiger partial charge in [0.25, 0.3) is 5.91 Å². The summed E-state index contributed by atoms with van der Waals surface area (Å²) >= 11 is 0. The predicted octanol–water partition coefficient (Wildman–Crippen LogP) is 3.38. The molecule has 0 unspecified atom stereocenters. The van der Waals surface area contributed by atoms with E-state index < -0.39 is 12.1 Å². The van der Waals surface area contributed by atoms with E-state index in [0.29, 0.717) is 30.9 Å². The first kappa shape index (κ1) is 25.8. The summed E-state index contributed by atoms with van der Waals surface area (Å²) in [5.74, 6) is 0.262. The Morgan fingerprint density at radius 2 is 1.71 bits per heavy atom. The molecule has 1 aromatic carbocycles. The van der Waals surface area contributed by atoms with Gasteiger partial charge in [-0.2, -0.15) is 0 Å². The summed E-state index contributed by atoms with van der Waals surface area (Å²) < 4.78 is 5.53. The zero-order valence-corrected chi connectivity index (χ0v) is 21.9. The Morgan fingerprint density at radius 3 is 2.31 bits per heavy atom. The molecule has 3 heterocycles. The average Bonchev–Trinajstić information content (AvgIpc) is 3.40. The summed E-state index contributed by atoms with van der Waals surface area (Å²) in [6, 6.07) is 6.71. The highest BCUT2D eigenvalue weighted by Crippen LogP contribution is 2.31. The molecule has 0 aromatic heterocycles. The molecule has 2 amide bonds. The number of hydrogen-bond acceptors (Lipinski definition) is 5. The molecule has 3 aliphatic heterocycles. The number of likely N-dealkylation sites (tertiary alicyclic amines) is 2. The maximum Gasteiger partial charge on any atom is 0.251 e. The fourth-order valence-electron chi connectivity index (χ4n) is 5.77. The number of carbonyl (C=O) groups excluding carboxylic acids is 3. The molecule has 0 radical (unpaired) electrons. The van der Waals surface area contributed by atoms with Gasteiger partial charge in [-0.05, 0) is 89.1 Å². The van der Waals surface area contributed by atoms with Crippen molar-refractivity contribution in [3.63, 3.8) is 0 Å². The fraction of sp³-hybridized carbons (Fsp3) is 0.679. The van der Waals surface area contributed by atoms with Crippen molar-refractivity contribution in [2.45, 2.75) is 89.9 Å². The molecule has 3 atom stereocenters. The molecular formula is C28H41N3O4. The third-order valence-corrected chi connectivity index (χ3v) is 7.79. The molecule has 3 aliphatic rings. The van der Waals surface area contributed by atoms with Crippen molar-refractivity contribution in [2.75, 3.05) is 26.2 Å². The van der Waals surface area contributed by atoms with Gasteiger partial charge in [-0.25, -0.2) is 0 Å². The second-order valence-corrected chi connectivity index (χ2v) is 11.8. The number of amides is 2. The molecule has 192 valence electrons. The molecule has 0 saturated carbocycles. The van der Waals surface area contributed by atoms with Crippen LogP contribution in [-0.4, -0.2) is 77.4 Å². The monoisotopic (exact) mass is 483 g/mol. The van der Waals surface area contributed by atoms with Crippen LogP contribution in [0.1, 0.15) is 82.1 Å². The highest BCUT2D eigenvalue weighted by atomic mass is 16.5. The normalized spacial score (nSPS) is 24.6. The third-order valence-electron chi connectivity index (χ3n) is 7.79. The number of rotatable bonds is 6. The fourth-order valence-corrected chi connectivity index (χ4v) is 5.77. The lowest BCUT2D eigenvalue weighted by Crippen LogP contribution is -2.52. The van der Waals surface area contributed by atoms with E-state index in [1.54, 1.807) is 4.90 Å². The Labute approximate surface area is 209 Å². The van der Waals surface area contributed by atoms with Crippen LogP contribution < -0.4 is 5.32 Å². The van der Waals surface area contributed by atoms with Crippen LogP contribution in [0.15, 0.2) is 24.3 Å². The van der Waals surface area contributed by atoms with Crippen molar-refractivity contribution in [2.24, 2.45) is 5.92 Å². The number of ether oxygens (including phenoxy) is 1. The van der Waals surface area contributed by atoms with E-state index in [2.05, 4.69) is 43.1 Å². The molecular weight excluding hydrogens is 442 g/mol. The van der Waals surface area contributed by atoms with E-state index >= 15 is 0 Å². The SMILES string of the molecule is CC(C)C[C@H](NC(=O)c1ccc(C2CCN(C(C)(C)C)CC2)cc1)C(=O)N1CC[C@H]2OCC(=O)[C@H]21. The van der Waals surface area contributed by atoms with Gasteiger partial charge in [-0.15, -0.1) is 0 Å².